The van der Waals surface area contributed by atoms with Gasteiger partial charge in [0.25, 0.3) is 0 Å². The van der Waals surface area contributed by atoms with Crippen molar-refractivity contribution in [3.8, 4) is 22.6 Å². The smallest absolute Gasteiger partial charge is 0.407 e. The number of hydrogen-bond donors (Lipinski definition) is 2. The normalized spacial score (nSPS) is 17.4. The van der Waals surface area contributed by atoms with Crippen LogP contribution in [0.4, 0.5) is 4.79 Å². The molecule has 0 saturated carbocycles. The molecule has 2 atom stereocenters. The molecule has 0 bridgehead atoms. The van der Waals surface area contributed by atoms with Gasteiger partial charge in [0.05, 0.1) is 26.9 Å². The number of rotatable bonds is 13. The Balaban J connectivity index is 1.00. The molecule has 1 fully saturated rings. The number of hydrogen-bond acceptors (Lipinski definition) is 9. The van der Waals surface area contributed by atoms with Crippen molar-refractivity contribution in [1.82, 2.24) is 5.32 Å². The summed E-state index contributed by atoms with van der Waals surface area (Å²) in [5, 5.41) is 12.4. The van der Waals surface area contributed by atoms with Gasteiger partial charge in [-0.15, -0.1) is 0 Å². The molecule has 0 unspecified atom stereocenters. The summed E-state index contributed by atoms with van der Waals surface area (Å²) in [6.45, 7) is 1.12. The van der Waals surface area contributed by atoms with Crippen LogP contribution in [0.25, 0.3) is 11.1 Å². The minimum atomic E-state index is -0.646. The van der Waals surface area contributed by atoms with Gasteiger partial charge in [-0.25, -0.2) is 9.59 Å². The molecule has 1 amide bonds. The number of esters is 1. The number of methoxy groups -OCH3 is 1. The standard InChI is InChI=1S/C33H37NO9/c1-38-32(36)29-11-6-12-31(43-29)42-23-14-13-22(20-35)30(19-23)40-18-17-39-16-15-34-33(37)41-21-28-26-9-4-2-7-24(26)25-8-3-5-10-27(25)28/h2-5,7-10,13-14,19,28-29,31,35H,6,11-12,15-18,20-21H2,1H3,(H,34,37)/t29-,31+/m0/s1. The molecule has 3 aromatic rings. The monoisotopic (exact) mass is 591 g/mol. The Morgan fingerprint density at radius 2 is 1.70 bits per heavy atom. The number of alkyl carbamates (subject to hydrolysis) is 1. The van der Waals surface area contributed by atoms with E-state index in [4.69, 9.17) is 28.4 Å². The number of nitrogens with one attached hydrogen (secondary N) is 1. The molecular formula is C33H37NO9. The van der Waals surface area contributed by atoms with Crippen molar-refractivity contribution < 1.29 is 43.1 Å². The molecule has 0 radical (unpaired) electrons. The van der Waals surface area contributed by atoms with E-state index in [1.54, 1.807) is 18.2 Å². The van der Waals surface area contributed by atoms with Gasteiger partial charge in [-0.05, 0) is 47.2 Å². The lowest BCUT2D eigenvalue weighted by atomic mass is 9.98. The Labute approximate surface area is 250 Å². The lowest BCUT2D eigenvalue weighted by Gasteiger charge is -2.28. The van der Waals surface area contributed by atoms with Crippen LogP contribution in [0.5, 0.6) is 11.5 Å². The van der Waals surface area contributed by atoms with Crippen molar-refractivity contribution in [2.45, 2.75) is 44.2 Å². The molecule has 0 spiro atoms. The summed E-state index contributed by atoms with van der Waals surface area (Å²) in [5.74, 6) is 0.546. The zero-order valence-corrected chi connectivity index (χ0v) is 24.2. The second kappa shape index (κ2) is 14.9. The maximum atomic E-state index is 12.3. The highest BCUT2D eigenvalue weighted by Crippen LogP contribution is 2.44. The van der Waals surface area contributed by atoms with Crippen molar-refractivity contribution in [2.75, 3.05) is 40.1 Å². The van der Waals surface area contributed by atoms with Crippen molar-refractivity contribution in [3.63, 3.8) is 0 Å². The quantitative estimate of drug-likeness (QED) is 0.218. The first-order chi connectivity index (χ1) is 21.1. The van der Waals surface area contributed by atoms with E-state index in [1.165, 1.54) is 18.2 Å². The lowest BCUT2D eigenvalue weighted by Crippen LogP contribution is -2.37. The summed E-state index contributed by atoms with van der Waals surface area (Å²) in [4.78, 5) is 24.1. The number of carbonyl (C=O) groups excluding carboxylic acids is 2. The van der Waals surface area contributed by atoms with Gasteiger partial charge >= 0.3 is 12.1 Å². The molecular weight excluding hydrogens is 554 g/mol. The summed E-state index contributed by atoms with van der Waals surface area (Å²) < 4.78 is 33.4. The first-order valence-corrected chi connectivity index (χ1v) is 14.5. The molecule has 3 aromatic carbocycles. The molecule has 228 valence electrons. The Kier molecular flexibility index (Phi) is 10.5. The predicted molar refractivity (Wildman–Crippen MR) is 157 cm³/mol. The van der Waals surface area contributed by atoms with E-state index >= 15 is 0 Å². The second-order valence-corrected chi connectivity index (χ2v) is 10.3. The van der Waals surface area contributed by atoms with Gasteiger partial charge in [0.2, 0.25) is 6.29 Å². The molecule has 2 aliphatic rings. The average molecular weight is 592 g/mol. The van der Waals surface area contributed by atoms with Crippen LogP contribution in [0.1, 0.15) is 41.9 Å². The number of fused-ring (bicyclic) bond motifs is 3. The maximum Gasteiger partial charge on any atom is 0.407 e. The fourth-order valence-corrected chi connectivity index (χ4v) is 5.39. The van der Waals surface area contributed by atoms with Crippen molar-refractivity contribution in [1.29, 1.82) is 0 Å². The van der Waals surface area contributed by atoms with E-state index in [0.29, 0.717) is 29.9 Å². The van der Waals surface area contributed by atoms with Crippen LogP contribution in [0.3, 0.4) is 0 Å². The van der Waals surface area contributed by atoms with Crippen LogP contribution in [0.15, 0.2) is 66.7 Å². The van der Waals surface area contributed by atoms with E-state index in [9.17, 15) is 14.7 Å². The Morgan fingerprint density at radius 1 is 0.953 bits per heavy atom. The Bertz CT molecular complexity index is 1350. The van der Waals surface area contributed by atoms with Gasteiger partial charge in [-0.3, -0.25) is 0 Å². The largest absolute Gasteiger partial charge is 0.491 e. The third-order valence-corrected chi connectivity index (χ3v) is 7.51. The molecule has 5 rings (SSSR count). The number of ether oxygens (including phenoxy) is 6. The minimum Gasteiger partial charge on any atom is -0.491 e. The first-order valence-electron chi connectivity index (χ1n) is 14.5. The van der Waals surface area contributed by atoms with Crippen LogP contribution < -0.4 is 14.8 Å². The topological polar surface area (TPSA) is 122 Å². The molecule has 1 heterocycles. The van der Waals surface area contributed by atoms with Gasteiger partial charge < -0.3 is 38.8 Å². The highest BCUT2D eigenvalue weighted by molar-refractivity contribution is 5.79. The van der Waals surface area contributed by atoms with Crippen molar-refractivity contribution in [3.05, 3.63) is 83.4 Å². The van der Waals surface area contributed by atoms with Gasteiger partial charge in [0.1, 0.15) is 24.7 Å². The number of aliphatic hydroxyl groups is 1. The Morgan fingerprint density at radius 3 is 2.42 bits per heavy atom. The van der Waals surface area contributed by atoms with Gasteiger partial charge in [0.15, 0.2) is 6.10 Å². The van der Waals surface area contributed by atoms with E-state index in [0.717, 1.165) is 17.5 Å². The van der Waals surface area contributed by atoms with Crippen LogP contribution in [0.2, 0.25) is 0 Å². The first kappa shape index (κ1) is 30.3. The fourth-order valence-electron chi connectivity index (χ4n) is 5.39. The van der Waals surface area contributed by atoms with Gasteiger partial charge in [0, 0.05) is 30.5 Å². The van der Waals surface area contributed by atoms with Crippen LogP contribution in [-0.4, -0.2) is 69.6 Å². The zero-order valence-electron chi connectivity index (χ0n) is 24.2. The summed E-state index contributed by atoms with van der Waals surface area (Å²) in [6.07, 6.45) is 0.279. The fraction of sp³-hybridized carbons (Fsp3) is 0.394. The average Bonchev–Trinajstić information content (AvgIpc) is 3.36. The van der Waals surface area contributed by atoms with Gasteiger partial charge in [-0.1, -0.05) is 48.5 Å². The van der Waals surface area contributed by atoms with Crippen molar-refractivity contribution in [2.24, 2.45) is 0 Å². The van der Waals surface area contributed by atoms with Crippen LogP contribution in [0, 0.1) is 0 Å². The van der Waals surface area contributed by atoms with Gasteiger partial charge in [-0.2, -0.15) is 0 Å². The number of benzene rings is 3. The van der Waals surface area contributed by atoms with E-state index < -0.39 is 24.5 Å². The summed E-state index contributed by atoms with van der Waals surface area (Å²) in [5.41, 5.74) is 5.29. The number of carbonyl (C=O) groups is 2. The maximum absolute atomic E-state index is 12.3. The molecule has 43 heavy (non-hydrogen) atoms. The highest BCUT2D eigenvalue weighted by Gasteiger charge is 2.30. The molecule has 1 aliphatic heterocycles. The van der Waals surface area contributed by atoms with Crippen molar-refractivity contribution >= 4 is 12.1 Å². The zero-order chi connectivity index (χ0) is 30.0. The van der Waals surface area contributed by atoms with E-state index in [-0.39, 0.29) is 45.5 Å². The molecule has 2 N–H and O–H groups in total. The second-order valence-electron chi connectivity index (χ2n) is 10.3. The van der Waals surface area contributed by atoms with E-state index in [2.05, 4.69) is 29.6 Å². The SMILES string of the molecule is COC(=O)[C@@H]1CCC[C@H](Oc2ccc(CO)c(OCCOCCNC(=O)OCC3c4ccccc4-c4ccccc43)c2)O1. The predicted octanol–water partition coefficient (Wildman–Crippen LogP) is 4.56. The molecule has 1 aliphatic carbocycles. The summed E-state index contributed by atoms with van der Waals surface area (Å²) in [7, 11) is 1.33. The highest BCUT2D eigenvalue weighted by atomic mass is 16.7. The molecule has 10 heteroatoms. The molecule has 1 saturated heterocycles. The van der Waals surface area contributed by atoms with E-state index in [1.807, 2.05) is 24.3 Å². The third kappa shape index (κ3) is 7.64. The number of aliphatic hydroxyl groups excluding tert-OH is 1. The Hall–Kier alpha value is -4.12. The van der Waals surface area contributed by atoms with Crippen LogP contribution >= 0.6 is 0 Å². The molecule has 10 nitrogen and oxygen atoms in total. The number of amides is 1. The summed E-state index contributed by atoms with van der Waals surface area (Å²) in [6, 6.07) is 21.5. The summed E-state index contributed by atoms with van der Waals surface area (Å²) >= 11 is 0. The minimum absolute atomic E-state index is 0.00577. The van der Waals surface area contributed by atoms with Crippen LogP contribution in [-0.2, 0) is 30.3 Å². The lowest BCUT2D eigenvalue weighted by molar-refractivity contribution is -0.183. The third-order valence-electron chi connectivity index (χ3n) is 7.51. The molecule has 0 aromatic heterocycles.